The summed E-state index contributed by atoms with van der Waals surface area (Å²) in [7, 11) is 1.61. The molecule has 0 spiro atoms. The van der Waals surface area contributed by atoms with Crippen LogP contribution in [-0.4, -0.2) is 18.2 Å². The van der Waals surface area contributed by atoms with Crippen LogP contribution in [0.5, 0.6) is 5.75 Å². The lowest BCUT2D eigenvalue weighted by atomic mass is 10.0. The number of hydrogen-bond acceptors (Lipinski definition) is 4. The summed E-state index contributed by atoms with van der Waals surface area (Å²) in [5, 5.41) is 19.0. The number of aryl methyl sites for hydroxylation is 2. The van der Waals surface area contributed by atoms with E-state index in [4.69, 9.17) is 14.4 Å². The van der Waals surface area contributed by atoms with Crippen LogP contribution in [0.15, 0.2) is 46.9 Å². The molecule has 0 saturated heterocycles. The molecule has 0 fully saturated rings. The molecule has 0 atom stereocenters. The van der Waals surface area contributed by atoms with Crippen molar-refractivity contribution in [3.05, 3.63) is 64.9 Å². The molecule has 0 aliphatic carbocycles. The first-order valence-corrected chi connectivity index (χ1v) is 7.44. The number of aromatic carboxylic acids is 1. The number of nitriles is 1. The van der Waals surface area contributed by atoms with Crippen molar-refractivity contribution in [2.45, 2.75) is 12.8 Å². The van der Waals surface area contributed by atoms with Crippen molar-refractivity contribution in [3.8, 4) is 11.8 Å². The van der Waals surface area contributed by atoms with Crippen molar-refractivity contribution in [2.75, 3.05) is 7.11 Å². The Morgan fingerprint density at radius 2 is 1.96 bits per heavy atom. The molecule has 0 aliphatic rings. The van der Waals surface area contributed by atoms with Crippen LogP contribution < -0.4 is 4.74 Å². The number of furan rings is 1. The van der Waals surface area contributed by atoms with Crippen LogP contribution in [0.4, 0.5) is 0 Å². The third-order valence-electron chi connectivity index (χ3n) is 3.90. The van der Waals surface area contributed by atoms with Gasteiger partial charge in [-0.1, -0.05) is 12.1 Å². The fraction of sp³-hybridized carbons (Fsp3) is 0.158. The van der Waals surface area contributed by atoms with Crippen molar-refractivity contribution in [2.24, 2.45) is 0 Å². The van der Waals surface area contributed by atoms with Gasteiger partial charge in [-0.15, -0.1) is 0 Å². The molecule has 1 heterocycles. The van der Waals surface area contributed by atoms with Crippen LogP contribution in [0.3, 0.4) is 0 Å². The Bertz CT molecular complexity index is 932. The summed E-state index contributed by atoms with van der Waals surface area (Å²) >= 11 is 0. The van der Waals surface area contributed by atoms with Gasteiger partial charge in [0.05, 0.1) is 18.7 Å². The molecular formula is C19H15NO4. The number of ether oxygens (including phenoxy) is 1. The smallest absolute Gasteiger partial charge is 0.339 e. The van der Waals surface area contributed by atoms with E-state index in [2.05, 4.69) is 0 Å². The van der Waals surface area contributed by atoms with E-state index in [0.29, 0.717) is 35.1 Å². The first-order chi connectivity index (χ1) is 11.6. The Morgan fingerprint density at radius 1 is 1.21 bits per heavy atom. The van der Waals surface area contributed by atoms with Crippen molar-refractivity contribution >= 4 is 16.9 Å². The van der Waals surface area contributed by atoms with E-state index in [9.17, 15) is 9.90 Å². The van der Waals surface area contributed by atoms with Crippen LogP contribution in [-0.2, 0) is 12.8 Å². The average molecular weight is 321 g/mol. The monoisotopic (exact) mass is 321 g/mol. The van der Waals surface area contributed by atoms with E-state index in [-0.39, 0.29) is 5.56 Å². The Hall–Kier alpha value is -3.26. The molecule has 0 unspecified atom stereocenters. The quantitative estimate of drug-likeness (QED) is 0.773. The van der Waals surface area contributed by atoms with E-state index in [1.165, 1.54) is 0 Å². The van der Waals surface area contributed by atoms with Gasteiger partial charge >= 0.3 is 5.97 Å². The van der Waals surface area contributed by atoms with Crippen LogP contribution in [0.2, 0.25) is 0 Å². The number of nitrogens with zero attached hydrogens (tertiary/aromatic N) is 1. The van der Waals surface area contributed by atoms with E-state index < -0.39 is 5.97 Å². The van der Waals surface area contributed by atoms with Gasteiger partial charge in [-0.05, 0) is 42.3 Å². The first kappa shape index (κ1) is 15.6. The second kappa shape index (κ2) is 6.47. The summed E-state index contributed by atoms with van der Waals surface area (Å²) in [4.78, 5) is 11.6. The summed E-state index contributed by atoms with van der Waals surface area (Å²) in [6.45, 7) is 0. The van der Waals surface area contributed by atoms with Gasteiger partial charge in [0.15, 0.2) is 0 Å². The number of carboxylic acids is 1. The largest absolute Gasteiger partial charge is 0.497 e. The molecule has 5 nitrogen and oxygen atoms in total. The normalized spacial score (nSPS) is 10.5. The van der Waals surface area contributed by atoms with Crippen molar-refractivity contribution in [3.63, 3.8) is 0 Å². The number of benzene rings is 2. The van der Waals surface area contributed by atoms with E-state index in [1.54, 1.807) is 25.3 Å². The molecule has 1 aromatic heterocycles. The lowest BCUT2D eigenvalue weighted by Gasteiger charge is -2.03. The molecule has 120 valence electrons. The third kappa shape index (κ3) is 2.95. The minimum absolute atomic E-state index is 0.135. The predicted octanol–water partition coefficient (Wildman–Crippen LogP) is 3.80. The van der Waals surface area contributed by atoms with Gasteiger partial charge in [-0.2, -0.15) is 5.26 Å². The second-order valence-electron chi connectivity index (χ2n) is 5.38. The predicted molar refractivity (Wildman–Crippen MR) is 88.3 cm³/mol. The Kier molecular flexibility index (Phi) is 4.21. The minimum Gasteiger partial charge on any atom is -0.497 e. The Labute approximate surface area is 138 Å². The zero-order valence-corrected chi connectivity index (χ0v) is 13.1. The standard InChI is InChI=1S/C19H15NO4/c1-23-14-6-2-12(3-7-14)4-9-17-18(19(21)22)15-10-13(11-20)5-8-16(15)24-17/h2-3,5-8,10H,4,9H2,1H3,(H,21,22). The molecule has 2 aromatic carbocycles. The molecule has 5 heteroatoms. The average Bonchev–Trinajstić information content (AvgIpc) is 2.97. The molecule has 3 aromatic rings. The third-order valence-corrected chi connectivity index (χ3v) is 3.90. The Balaban J connectivity index is 1.92. The number of hydrogen-bond donors (Lipinski definition) is 1. The highest BCUT2D eigenvalue weighted by molar-refractivity contribution is 6.04. The lowest BCUT2D eigenvalue weighted by molar-refractivity contribution is 0.0696. The molecule has 24 heavy (non-hydrogen) atoms. The van der Waals surface area contributed by atoms with Crippen LogP contribution in [0.25, 0.3) is 11.0 Å². The van der Waals surface area contributed by atoms with Gasteiger partial charge in [0, 0.05) is 11.8 Å². The molecule has 0 saturated carbocycles. The van der Waals surface area contributed by atoms with Gasteiger partial charge in [0.1, 0.15) is 22.7 Å². The van der Waals surface area contributed by atoms with Crippen molar-refractivity contribution in [1.29, 1.82) is 5.26 Å². The summed E-state index contributed by atoms with van der Waals surface area (Å²) in [5.41, 5.74) is 2.09. The van der Waals surface area contributed by atoms with Crippen molar-refractivity contribution < 1.29 is 19.1 Å². The van der Waals surface area contributed by atoms with Gasteiger partial charge in [0.25, 0.3) is 0 Å². The molecule has 3 rings (SSSR count). The zero-order chi connectivity index (χ0) is 17.1. The first-order valence-electron chi connectivity index (χ1n) is 7.44. The minimum atomic E-state index is -1.05. The van der Waals surface area contributed by atoms with Crippen LogP contribution in [0.1, 0.15) is 27.2 Å². The molecule has 0 aliphatic heterocycles. The number of methoxy groups -OCH3 is 1. The van der Waals surface area contributed by atoms with Crippen molar-refractivity contribution in [1.82, 2.24) is 0 Å². The summed E-state index contributed by atoms with van der Waals surface area (Å²) in [6, 6.07) is 14.4. The number of carbonyl (C=O) groups is 1. The Morgan fingerprint density at radius 3 is 2.58 bits per heavy atom. The topological polar surface area (TPSA) is 83.5 Å². The van der Waals surface area contributed by atoms with E-state index in [0.717, 1.165) is 11.3 Å². The molecule has 0 radical (unpaired) electrons. The SMILES string of the molecule is COc1ccc(CCc2oc3ccc(C#N)cc3c2C(=O)O)cc1. The van der Waals surface area contributed by atoms with Gasteiger partial charge in [0.2, 0.25) is 0 Å². The maximum atomic E-state index is 11.6. The lowest BCUT2D eigenvalue weighted by Crippen LogP contribution is -2.01. The molecule has 0 bridgehead atoms. The summed E-state index contributed by atoms with van der Waals surface area (Å²) in [5.74, 6) is 0.148. The highest BCUT2D eigenvalue weighted by atomic mass is 16.5. The fourth-order valence-corrected chi connectivity index (χ4v) is 2.68. The molecular weight excluding hydrogens is 306 g/mol. The number of carboxylic acid groups (broad SMARTS) is 1. The van der Waals surface area contributed by atoms with Gasteiger partial charge < -0.3 is 14.3 Å². The highest BCUT2D eigenvalue weighted by Gasteiger charge is 2.20. The number of fused-ring (bicyclic) bond motifs is 1. The van der Waals surface area contributed by atoms with Crippen LogP contribution in [0, 0.1) is 11.3 Å². The fourth-order valence-electron chi connectivity index (χ4n) is 2.68. The maximum Gasteiger partial charge on any atom is 0.339 e. The van der Waals surface area contributed by atoms with E-state index >= 15 is 0 Å². The van der Waals surface area contributed by atoms with Gasteiger partial charge in [-0.3, -0.25) is 0 Å². The molecule has 1 N–H and O–H groups in total. The van der Waals surface area contributed by atoms with E-state index in [1.807, 2.05) is 30.3 Å². The van der Waals surface area contributed by atoms with Crippen LogP contribution >= 0.6 is 0 Å². The number of rotatable bonds is 5. The highest BCUT2D eigenvalue weighted by Crippen LogP contribution is 2.28. The summed E-state index contributed by atoms with van der Waals surface area (Å²) in [6.07, 6.45) is 1.11. The maximum absolute atomic E-state index is 11.6. The second-order valence-corrected chi connectivity index (χ2v) is 5.38. The molecule has 0 amide bonds. The summed E-state index contributed by atoms with van der Waals surface area (Å²) < 4.78 is 10.8. The zero-order valence-electron chi connectivity index (χ0n) is 13.1. The van der Waals surface area contributed by atoms with Gasteiger partial charge in [-0.25, -0.2) is 4.79 Å².